The number of hydrogen-bond acceptors (Lipinski definition) is 3. The summed E-state index contributed by atoms with van der Waals surface area (Å²) in [5.41, 5.74) is 1.21. The molecule has 128 valence electrons. The zero-order chi connectivity index (χ0) is 18.1. The number of amides is 1. The minimum Gasteiger partial charge on any atom is -0.478 e. The number of rotatable bonds is 4. The van der Waals surface area contributed by atoms with Crippen LogP contribution in [0.15, 0.2) is 41.0 Å². The van der Waals surface area contributed by atoms with Gasteiger partial charge in [-0.3, -0.25) is 9.20 Å². The molecule has 0 radical (unpaired) electrons. The van der Waals surface area contributed by atoms with Crippen molar-refractivity contribution in [2.45, 2.75) is 13.3 Å². The number of carboxylic acids is 1. The van der Waals surface area contributed by atoms with E-state index in [0.29, 0.717) is 22.2 Å². The van der Waals surface area contributed by atoms with E-state index in [1.54, 1.807) is 6.07 Å². The number of aromatic carboxylic acids is 1. The minimum atomic E-state index is -1.17. The number of carbonyl (C=O) groups is 2. The van der Waals surface area contributed by atoms with Gasteiger partial charge in [-0.2, -0.15) is 0 Å². The molecule has 25 heavy (non-hydrogen) atoms. The summed E-state index contributed by atoms with van der Waals surface area (Å²) in [6, 6.07) is 7.25. The molecule has 3 aromatic rings. The van der Waals surface area contributed by atoms with Gasteiger partial charge in [0.15, 0.2) is 0 Å². The number of hydrogen-bond donors (Lipinski definition) is 2. The highest BCUT2D eigenvalue weighted by molar-refractivity contribution is 9.10. The van der Waals surface area contributed by atoms with Crippen LogP contribution in [-0.4, -0.2) is 26.4 Å². The third-order valence-corrected chi connectivity index (χ3v) is 4.16. The fourth-order valence-corrected chi connectivity index (χ4v) is 2.90. The second kappa shape index (κ2) is 6.64. The second-order valence-electron chi connectivity index (χ2n) is 5.29. The van der Waals surface area contributed by atoms with Crippen LogP contribution in [0.4, 0.5) is 10.1 Å². The van der Waals surface area contributed by atoms with Crippen molar-refractivity contribution in [3.05, 3.63) is 63.8 Å². The Labute approximate surface area is 150 Å². The van der Waals surface area contributed by atoms with Crippen molar-refractivity contribution in [2.75, 3.05) is 5.32 Å². The van der Waals surface area contributed by atoms with Crippen LogP contribution in [0.2, 0.25) is 0 Å². The van der Waals surface area contributed by atoms with E-state index < -0.39 is 17.7 Å². The molecular weight excluding hydrogens is 393 g/mol. The van der Waals surface area contributed by atoms with Crippen molar-refractivity contribution in [1.82, 2.24) is 9.38 Å². The predicted octanol–water partition coefficient (Wildman–Crippen LogP) is 3.75. The van der Waals surface area contributed by atoms with Crippen LogP contribution in [0.5, 0.6) is 0 Å². The van der Waals surface area contributed by atoms with Gasteiger partial charge in [0, 0.05) is 10.7 Å². The van der Waals surface area contributed by atoms with E-state index in [1.165, 1.54) is 34.9 Å². The normalized spacial score (nSPS) is 10.8. The maximum Gasteiger partial charge on any atom is 0.337 e. The van der Waals surface area contributed by atoms with Crippen molar-refractivity contribution < 1.29 is 19.1 Å². The first-order valence-electron chi connectivity index (χ1n) is 7.41. The zero-order valence-corrected chi connectivity index (χ0v) is 14.7. The van der Waals surface area contributed by atoms with E-state index in [9.17, 15) is 19.1 Å². The molecule has 0 saturated heterocycles. The van der Waals surface area contributed by atoms with Gasteiger partial charge in [-0.1, -0.05) is 22.9 Å². The Morgan fingerprint density at radius 1 is 1.32 bits per heavy atom. The van der Waals surface area contributed by atoms with Crippen molar-refractivity contribution in [1.29, 1.82) is 0 Å². The molecular formula is C17H13BrFN3O3. The predicted molar refractivity (Wildman–Crippen MR) is 93.6 cm³/mol. The molecule has 1 amide bonds. The molecule has 0 saturated carbocycles. The Kier molecular flexibility index (Phi) is 4.54. The molecule has 2 aromatic heterocycles. The smallest absolute Gasteiger partial charge is 0.337 e. The van der Waals surface area contributed by atoms with Crippen LogP contribution in [-0.2, 0) is 6.42 Å². The third-order valence-electron chi connectivity index (χ3n) is 3.66. The molecule has 8 heteroatoms. The SMILES string of the molecule is CCc1nc2ccc(F)cn2c1C(=O)Nc1ccc(Br)cc1C(=O)O. The Bertz CT molecular complexity index is 1000. The highest BCUT2D eigenvalue weighted by Crippen LogP contribution is 2.23. The van der Waals surface area contributed by atoms with E-state index in [0.717, 1.165) is 0 Å². The summed E-state index contributed by atoms with van der Waals surface area (Å²) < 4.78 is 15.5. The van der Waals surface area contributed by atoms with E-state index >= 15 is 0 Å². The van der Waals surface area contributed by atoms with Crippen LogP contribution in [0.1, 0.15) is 33.5 Å². The first-order chi connectivity index (χ1) is 11.9. The fraction of sp³-hybridized carbons (Fsp3) is 0.118. The van der Waals surface area contributed by atoms with E-state index in [-0.39, 0.29) is 16.9 Å². The fourth-order valence-electron chi connectivity index (χ4n) is 2.54. The van der Waals surface area contributed by atoms with Gasteiger partial charge in [0.1, 0.15) is 17.2 Å². The lowest BCUT2D eigenvalue weighted by molar-refractivity contribution is 0.0698. The highest BCUT2D eigenvalue weighted by atomic mass is 79.9. The number of anilines is 1. The van der Waals surface area contributed by atoms with Gasteiger partial charge in [0.05, 0.1) is 16.9 Å². The Morgan fingerprint density at radius 2 is 2.08 bits per heavy atom. The lowest BCUT2D eigenvalue weighted by Gasteiger charge is -2.10. The van der Waals surface area contributed by atoms with Crippen LogP contribution >= 0.6 is 15.9 Å². The van der Waals surface area contributed by atoms with E-state index in [4.69, 9.17) is 0 Å². The lowest BCUT2D eigenvalue weighted by atomic mass is 10.1. The number of carbonyl (C=O) groups excluding carboxylic acids is 1. The molecule has 0 aliphatic carbocycles. The van der Waals surface area contributed by atoms with E-state index in [1.807, 2.05) is 6.92 Å². The molecule has 0 spiro atoms. The number of imidazole rings is 1. The number of pyridine rings is 1. The Morgan fingerprint density at radius 3 is 2.76 bits per heavy atom. The molecule has 0 unspecified atom stereocenters. The maximum atomic E-state index is 13.6. The third kappa shape index (κ3) is 3.25. The molecule has 0 aliphatic rings. The summed E-state index contributed by atoms with van der Waals surface area (Å²) in [5, 5.41) is 11.9. The van der Waals surface area contributed by atoms with Crippen LogP contribution < -0.4 is 5.32 Å². The van der Waals surface area contributed by atoms with E-state index in [2.05, 4.69) is 26.2 Å². The van der Waals surface area contributed by atoms with Crippen LogP contribution in [0.3, 0.4) is 0 Å². The van der Waals surface area contributed by atoms with Gasteiger partial charge < -0.3 is 10.4 Å². The summed E-state index contributed by atoms with van der Waals surface area (Å²) in [6.45, 7) is 1.83. The number of halogens is 2. The van der Waals surface area contributed by atoms with Gasteiger partial charge in [-0.15, -0.1) is 0 Å². The van der Waals surface area contributed by atoms with Crippen LogP contribution in [0, 0.1) is 5.82 Å². The molecule has 6 nitrogen and oxygen atoms in total. The molecule has 0 aliphatic heterocycles. The zero-order valence-electron chi connectivity index (χ0n) is 13.1. The Balaban J connectivity index is 2.07. The molecule has 3 rings (SSSR count). The summed E-state index contributed by atoms with van der Waals surface area (Å²) in [6.07, 6.45) is 1.65. The number of carboxylic acid groups (broad SMARTS) is 1. The van der Waals surface area contributed by atoms with Gasteiger partial charge in [0.2, 0.25) is 0 Å². The topological polar surface area (TPSA) is 83.7 Å². The molecule has 0 atom stereocenters. The standard InChI is InChI=1S/C17H13BrFN3O3/c1-2-12-15(22-8-10(19)4-6-14(22)20-12)16(23)21-13-5-3-9(18)7-11(13)17(24)25/h3-8H,2H2,1H3,(H,21,23)(H,24,25). The molecule has 2 heterocycles. The number of fused-ring (bicyclic) bond motifs is 1. The molecule has 1 aromatic carbocycles. The summed E-state index contributed by atoms with van der Waals surface area (Å²) >= 11 is 3.20. The first-order valence-corrected chi connectivity index (χ1v) is 8.20. The monoisotopic (exact) mass is 405 g/mol. The molecule has 0 bridgehead atoms. The molecule has 2 N–H and O–H groups in total. The summed E-state index contributed by atoms with van der Waals surface area (Å²) in [5.74, 6) is -2.23. The minimum absolute atomic E-state index is 0.0548. The number of aromatic nitrogens is 2. The van der Waals surface area contributed by atoms with Crippen molar-refractivity contribution in [3.8, 4) is 0 Å². The Hall–Kier alpha value is -2.74. The largest absolute Gasteiger partial charge is 0.478 e. The highest BCUT2D eigenvalue weighted by Gasteiger charge is 2.21. The molecule has 0 fully saturated rings. The number of nitrogens with one attached hydrogen (secondary N) is 1. The number of nitrogens with zero attached hydrogens (tertiary/aromatic N) is 2. The van der Waals surface area contributed by atoms with Gasteiger partial charge >= 0.3 is 5.97 Å². The lowest BCUT2D eigenvalue weighted by Crippen LogP contribution is -2.18. The number of benzene rings is 1. The average Bonchev–Trinajstić information content (AvgIpc) is 2.93. The van der Waals surface area contributed by atoms with Gasteiger partial charge in [-0.25, -0.2) is 14.2 Å². The van der Waals surface area contributed by atoms with Crippen LogP contribution in [0.25, 0.3) is 5.65 Å². The van der Waals surface area contributed by atoms with Crippen molar-refractivity contribution >= 4 is 39.1 Å². The number of aryl methyl sites for hydroxylation is 1. The average molecular weight is 406 g/mol. The van der Waals surface area contributed by atoms with Gasteiger partial charge in [-0.05, 0) is 36.8 Å². The quantitative estimate of drug-likeness (QED) is 0.692. The van der Waals surface area contributed by atoms with Crippen molar-refractivity contribution in [3.63, 3.8) is 0 Å². The van der Waals surface area contributed by atoms with Crippen molar-refractivity contribution in [2.24, 2.45) is 0 Å². The first kappa shape index (κ1) is 17.1. The summed E-state index contributed by atoms with van der Waals surface area (Å²) in [7, 11) is 0. The summed E-state index contributed by atoms with van der Waals surface area (Å²) in [4.78, 5) is 28.4. The maximum absolute atomic E-state index is 13.6. The second-order valence-corrected chi connectivity index (χ2v) is 6.20. The van der Waals surface area contributed by atoms with Gasteiger partial charge in [0.25, 0.3) is 5.91 Å².